The van der Waals surface area contributed by atoms with E-state index in [2.05, 4.69) is 4.98 Å². The van der Waals surface area contributed by atoms with Crippen molar-refractivity contribution in [3.05, 3.63) is 115 Å². The second kappa shape index (κ2) is 20.4. The molecule has 0 aliphatic carbocycles. The van der Waals surface area contributed by atoms with E-state index >= 15 is 0 Å². The average molecular weight is 853 g/mol. The van der Waals surface area contributed by atoms with Crippen LogP contribution in [0.15, 0.2) is 77.9 Å². The molecular weight excluding hydrogens is 810 g/mol. The lowest BCUT2D eigenvalue weighted by molar-refractivity contribution is -0.160. The molecule has 4 heterocycles. The summed E-state index contributed by atoms with van der Waals surface area (Å²) in [4.78, 5) is 39.7. The minimum atomic E-state index is -1.22. The molecule has 56 heavy (non-hydrogen) atoms. The first kappa shape index (κ1) is 43.1. The van der Waals surface area contributed by atoms with Crippen LogP contribution in [0.4, 0.5) is 0 Å². The number of ether oxygens (including phenoxy) is 5. The van der Waals surface area contributed by atoms with Crippen molar-refractivity contribution < 1.29 is 43.5 Å². The van der Waals surface area contributed by atoms with Crippen molar-refractivity contribution in [2.24, 2.45) is 0 Å². The summed E-state index contributed by atoms with van der Waals surface area (Å²) in [6.07, 6.45) is 7.43. The van der Waals surface area contributed by atoms with Crippen LogP contribution in [0.25, 0.3) is 0 Å². The normalized spacial score (nSPS) is 18.9. The Morgan fingerprint density at radius 2 is 1.25 bits per heavy atom. The van der Waals surface area contributed by atoms with Gasteiger partial charge < -0.3 is 38.5 Å². The van der Waals surface area contributed by atoms with E-state index in [1.165, 1.54) is 6.07 Å². The molecule has 2 atom stereocenters. The van der Waals surface area contributed by atoms with Crippen LogP contribution in [-0.4, -0.2) is 75.9 Å². The summed E-state index contributed by atoms with van der Waals surface area (Å²) in [7, 11) is 0. The summed E-state index contributed by atoms with van der Waals surface area (Å²) in [5, 5.41) is 21.0. The van der Waals surface area contributed by atoms with E-state index in [4.69, 9.17) is 70.1 Å². The maximum atomic E-state index is 12.3. The number of aromatic nitrogens is 2. The molecule has 0 radical (unpaired) electrons. The SMILES string of the molecule is O=C(O)C1(Cc2ccn(CCCOc3ccc(Cl)cc3Cl)c(=O)c2)CCCO1.O=C(O)C1(Cc2ccnc(OCCCOc3ccc(Cl)cc3Cl)c2)CCCO1. The third-order valence-corrected chi connectivity index (χ3v) is 10.3. The highest BCUT2D eigenvalue weighted by atomic mass is 35.5. The third kappa shape index (κ3) is 12.0. The first-order chi connectivity index (χ1) is 26.9. The van der Waals surface area contributed by atoms with Gasteiger partial charge in [-0.05, 0) is 91.8 Å². The molecule has 6 rings (SSSR count). The molecular formula is C40H42Cl4N2O10. The van der Waals surface area contributed by atoms with Crippen molar-refractivity contribution >= 4 is 58.3 Å². The van der Waals surface area contributed by atoms with Gasteiger partial charge in [-0.3, -0.25) is 4.79 Å². The second-order valence-electron chi connectivity index (χ2n) is 13.3. The van der Waals surface area contributed by atoms with Crippen molar-refractivity contribution in [3.8, 4) is 17.4 Å². The minimum absolute atomic E-state index is 0.180. The summed E-state index contributed by atoms with van der Waals surface area (Å²) < 4.78 is 29.4. The van der Waals surface area contributed by atoms with E-state index in [1.807, 2.05) is 0 Å². The first-order valence-electron chi connectivity index (χ1n) is 18.1. The molecule has 2 aromatic carbocycles. The Morgan fingerprint density at radius 3 is 1.75 bits per heavy atom. The van der Waals surface area contributed by atoms with Crippen LogP contribution in [0.1, 0.15) is 49.7 Å². The lowest BCUT2D eigenvalue weighted by Gasteiger charge is -2.23. The second-order valence-corrected chi connectivity index (χ2v) is 15.0. The standard InChI is InChI=1S/2C20H21Cl2NO5/c21-15-3-4-17(16(22)12-15)26-8-2-9-27-18-11-14(5-7-23-18)13-20(19(24)25)6-1-10-28-20;21-15-3-4-17(16(22)12-15)27-9-2-7-23-8-5-14(11-18(23)24)13-20(19(25)26)6-1-10-28-20/h3-5,7,11-12H,1-2,6,8-10,13H2,(H,24,25);3-5,8,11-12H,1-2,6-7,9-10,13H2,(H,25,26). The molecule has 2 aromatic heterocycles. The summed E-state index contributed by atoms with van der Waals surface area (Å²) in [6, 6.07) is 16.9. The number of nitrogens with zero attached hydrogens (tertiary/aromatic N) is 2. The Hall–Kier alpha value is -4.04. The van der Waals surface area contributed by atoms with E-state index in [9.17, 15) is 24.6 Å². The van der Waals surface area contributed by atoms with E-state index in [0.717, 1.165) is 12.0 Å². The quantitative estimate of drug-likeness (QED) is 0.0988. The van der Waals surface area contributed by atoms with Gasteiger partial charge in [-0.1, -0.05) is 46.4 Å². The number of aryl methyl sites for hydroxylation is 1. The molecule has 16 heteroatoms. The zero-order valence-electron chi connectivity index (χ0n) is 30.4. The molecule has 2 N–H and O–H groups in total. The van der Waals surface area contributed by atoms with Gasteiger partial charge in [-0.15, -0.1) is 0 Å². The van der Waals surface area contributed by atoms with Gasteiger partial charge in [0.05, 0.1) is 29.9 Å². The van der Waals surface area contributed by atoms with Gasteiger partial charge in [0, 0.05) is 73.6 Å². The summed E-state index contributed by atoms with van der Waals surface area (Å²) in [5.74, 6) is -0.346. The van der Waals surface area contributed by atoms with E-state index in [1.54, 1.807) is 71.6 Å². The van der Waals surface area contributed by atoms with Gasteiger partial charge in [-0.25, -0.2) is 14.6 Å². The van der Waals surface area contributed by atoms with Gasteiger partial charge in [0.1, 0.15) is 11.5 Å². The molecule has 0 bridgehead atoms. The van der Waals surface area contributed by atoms with Crippen molar-refractivity contribution in [1.82, 2.24) is 9.55 Å². The summed E-state index contributed by atoms with van der Waals surface area (Å²) in [5.41, 5.74) is -1.07. The monoisotopic (exact) mass is 850 g/mol. The zero-order chi connectivity index (χ0) is 40.1. The fraction of sp³-hybridized carbons (Fsp3) is 0.400. The molecule has 12 nitrogen and oxygen atoms in total. The highest BCUT2D eigenvalue weighted by Gasteiger charge is 2.44. The minimum Gasteiger partial charge on any atom is -0.492 e. The number of hydrogen-bond donors (Lipinski definition) is 2. The third-order valence-electron chi connectivity index (χ3n) is 9.21. The van der Waals surface area contributed by atoms with E-state index < -0.39 is 23.1 Å². The number of benzene rings is 2. The average Bonchev–Trinajstić information content (AvgIpc) is 3.84. The first-order valence-corrected chi connectivity index (χ1v) is 19.6. The van der Waals surface area contributed by atoms with Gasteiger partial charge in [-0.2, -0.15) is 0 Å². The lowest BCUT2D eigenvalue weighted by atomic mass is 9.92. The summed E-state index contributed by atoms with van der Waals surface area (Å²) in [6.45, 7) is 2.61. The number of pyridine rings is 2. The molecule has 2 aliphatic rings. The van der Waals surface area contributed by atoms with Gasteiger partial charge in [0.25, 0.3) is 5.56 Å². The molecule has 2 unspecified atom stereocenters. The van der Waals surface area contributed by atoms with Crippen LogP contribution < -0.4 is 19.8 Å². The van der Waals surface area contributed by atoms with E-state index in [-0.39, 0.29) is 12.0 Å². The van der Waals surface area contributed by atoms with Gasteiger partial charge in [0.2, 0.25) is 5.88 Å². The maximum Gasteiger partial charge on any atom is 0.336 e. The highest BCUT2D eigenvalue weighted by molar-refractivity contribution is 6.36. The summed E-state index contributed by atoms with van der Waals surface area (Å²) >= 11 is 23.8. The molecule has 0 saturated carbocycles. The van der Waals surface area contributed by atoms with Crippen molar-refractivity contribution in [1.29, 1.82) is 0 Å². The molecule has 2 saturated heterocycles. The predicted octanol–water partition coefficient (Wildman–Crippen LogP) is 8.21. The number of carbonyl (C=O) groups is 2. The Kier molecular flexibility index (Phi) is 15.7. The Bertz CT molecular complexity index is 2020. The molecule has 300 valence electrons. The molecule has 0 spiro atoms. The van der Waals surface area contributed by atoms with Crippen molar-refractivity contribution in [2.45, 2.75) is 69.1 Å². The van der Waals surface area contributed by atoms with E-state index in [0.29, 0.717) is 121 Å². The molecule has 2 aliphatic heterocycles. The number of carboxylic acids is 2. The van der Waals surface area contributed by atoms with Crippen LogP contribution in [-0.2, 0) is 38.4 Å². The molecule has 0 amide bonds. The number of carboxylic acid groups (broad SMARTS) is 2. The van der Waals surface area contributed by atoms with Crippen molar-refractivity contribution in [2.75, 3.05) is 33.0 Å². The van der Waals surface area contributed by atoms with Crippen LogP contribution >= 0.6 is 46.4 Å². The largest absolute Gasteiger partial charge is 0.492 e. The van der Waals surface area contributed by atoms with Crippen LogP contribution in [0, 0.1) is 0 Å². The number of halogens is 4. The Morgan fingerprint density at radius 1 is 0.714 bits per heavy atom. The van der Waals surface area contributed by atoms with Crippen LogP contribution in [0.3, 0.4) is 0 Å². The maximum absolute atomic E-state index is 12.3. The topological polar surface area (TPSA) is 156 Å². The Balaban J connectivity index is 0.000000214. The molecule has 4 aromatic rings. The number of rotatable bonds is 17. The fourth-order valence-electron chi connectivity index (χ4n) is 6.32. The number of aliphatic carboxylic acids is 2. The number of hydrogen-bond acceptors (Lipinski definition) is 9. The lowest BCUT2D eigenvalue weighted by Crippen LogP contribution is -2.40. The highest BCUT2D eigenvalue weighted by Crippen LogP contribution is 2.32. The zero-order valence-corrected chi connectivity index (χ0v) is 33.4. The van der Waals surface area contributed by atoms with Crippen LogP contribution in [0.5, 0.6) is 17.4 Å². The van der Waals surface area contributed by atoms with Crippen LogP contribution in [0.2, 0.25) is 20.1 Å². The van der Waals surface area contributed by atoms with Crippen molar-refractivity contribution in [3.63, 3.8) is 0 Å². The predicted molar refractivity (Wildman–Crippen MR) is 212 cm³/mol. The van der Waals surface area contributed by atoms with Gasteiger partial charge in [0.15, 0.2) is 11.2 Å². The molecule has 2 fully saturated rings. The van der Waals surface area contributed by atoms with Gasteiger partial charge >= 0.3 is 11.9 Å². The Labute approximate surface area is 344 Å². The smallest absolute Gasteiger partial charge is 0.336 e. The fourth-order valence-corrected chi connectivity index (χ4v) is 7.25.